The molecular formula is C25H40N4Na2O5S. The van der Waals surface area contributed by atoms with Gasteiger partial charge in [-0.3, -0.25) is 14.5 Å². The van der Waals surface area contributed by atoms with Gasteiger partial charge in [-0.2, -0.15) is 5.21 Å². The molecule has 37 heavy (non-hydrogen) atoms. The molecule has 0 aromatic carbocycles. The van der Waals surface area contributed by atoms with Crippen LogP contribution in [0.5, 0.6) is 0 Å². The van der Waals surface area contributed by atoms with Crippen LogP contribution in [0.3, 0.4) is 0 Å². The van der Waals surface area contributed by atoms with Gasteiger partial charge in [0.1, 0.15) is 0 Å². The summed E-state index contributed by atoms with van der Waals surface area (Å²) in [5, 5.41) is 15.2. The molecular weight excluding hydrogens is 514 g/mol. The largest absolute Gasteiger partial charge is 1.00 e. The second-order valence-electron chi connectivity index (χ2n) is 12.4. The molecule has 198 valence electrons. The summed E-state index contributed by atoms with van der Waals surface area (Å²) in [6.07, 6.45) is 9.58. The first-order valence-electron chi connectivity index (χ1n) is 13.4. The van der Waals surface area contributed by atoms with E-state index >= 15 is 0 Å². The molecule has 1 aromatic heterocycles. The first-order valence-corrected chi connectivity index (χ1v) is 14.7. The predicted molar refractivity (Wildman–Crippen MR) is 127 cm³/mol. The Morgan fingerprint density at radius 3 is 2.43 bits per heavy atom. The number of aryl methyl sites for hydroxylation is 1. The summed E-state index contributed by atoms with van der Waals surface area (Å²) in [6, 6.07) is 0. The Hall–Kier alpha value is 0.900. The molecule has 0 N–H and O–H groups in total. The van der Waals surface area contributed by atoms with Gasteiger partial charge in [-0.15, -0.1) is 0 Å². The number of hydrogen-bond acceptors (Lipinski definition) is 8. The number of rotatable bonds is 7. The van der Waals surface area contributed by atoms with E-state index in [1.807, 2.05) is 0 Å². The van der Waals surface area contributed by atoms with Gasteiger partial charge in [0.25, 0.3) is 0 Å². The Morgan fingerprint density at radius 1 is 1.08 bits per heavy atom. The molecule has 5 rings (SSSR count). The van der Waals surface area contributed by atoms with E-state index in [1.54, 1.807) is 7.11 Å². The molecule has 10 atom stereocenters. The van der Waals surface area contributed by atoms with Crippen LogP contribution in [0.1, 0.15) is 84.4 Å². The quantitative estimate of drug-likeness (QED) is 0.205. The number of aromatic nitrogens is 4. The van der Waals surface area contributed by atoms with Crippen LogP contribution in [-0.4, -0.2) is 47.8 Å². The van der Waals surface area contributed by atoms with E-state index in [-0.39, 0.29) is 82.0 Å². The van der Waals surface area contributed by atoms with E-state index < -0.39 is 16.5 Å². The summed E-state index contributed by atoms with van der Waals surface area (Å²) in [4.78, 5) is 0. The smallest absolute Gasteiger partial charge is 0.726 e. The van der Waals surface area contributed by atoms with E-state index in [0.29, 0.717) is 41.8 Å². The number of methoxy groups -OCH3 is 1. The molecule has 4 aliphatic carbocycles. The molecule has 1 heterocycles. The minimum absolute atomic E-state index is 0. The van der Waals surface area contributed by atoms with Gasteiger partial charge >= 0.3 is 59.1 Å². The SMILES string of the molecule is CO[C@@H]1CC[C@@]2(C)[C@@H](C1)C[C@@H](OS(=O)(=O)[O-])[C@@H]1[C@@H]2CC[C@]2(C)[C@@H]([C@H](C)CCc3nnn[n-]3)CC[C@@H]12.[Na+].[Na+]. The zero-order chi connectivity index (χ0) is 25.0. The molecule has 4 saturated carbocycles. The van der Waals surface area contributed by atoms with Crippen molar-refractivity contribution < 1.29 is 81.0 Å². The minimum atomic E-state index is -4.77. The third-order valence-electron chi connectivity index (χ3n) is 11.1. The van der Waals surface area contributed by atoms with Gasteiger partial charge in [0, 0.05) is 12.9 Å². The molecule has 0 spiro atoms. The fourth-order valence-corrected chi connectivity index (χ4v) is 9.93. The average Bonchev–Trinajstić information content (AvgIpc) is 3.44. The molecule has 1 aromatic rings. The van der Waals surface area contributed by atoms with Crippen LogP contribution >= 0.6 is 0 Å². The third kappa shape index (κ3) is 6.24. The Kier molecular flexibility index (Phi) is 10.9. The molecule has 0 saturated heterocycles. The van der Waals surface area contributed by atoms with E-state index in [9.17, 15) is 13.0 Å². The summed E-state index contributed by atoms with van der Waals surface area (Å²) < 4.78 is 46.7. The maximum absolute atomic E-state index is 11.9. The fraction of sp³-hybridized carbons (Fsp3) is 0.960. The average molecular weight is 555 g/mol. The van der Waals surface area contributed by atoms with Gasteiger partial charge in [0.2, 0.25) is 10.4 Å². The first-order chi connectivity index (χ1) is 16.5. The van der Waals surface area contributed by atoms with Crippen LogP contribution < -0.4 is 64.2 Å². The van der Waals surface area contributed by atoms with Crippen molar-refractivity contribution in [3.63, 3.8) is 0 Å². The summed E-state index contributed by atoms with van der Waals surface area (Å²) >= 11 is 0. The number of tetrazole rings is 1. The van der Waals surface area contributed by atoms with Gasteiger partial charge in [-0.05, 0) is 111 Å². The Bertz CT molecular complexity index is 1000. The number of hydrogen-bond donors (Lipinski definition) is 0. The third-order valence-corrected chi connectivity index (χ3v) is 11.6. The van der Waals surface area contributed by atoms with Crippen molar-refractivity contribution in [3.05, 3.63) is 5.82 Å². The standard InChI is InChI=1S/C25H41N4O5S.2Na/c1-15(5-8-22-26-28-29-27-22)18-6-7-19-23-20(10-12-25(18,19)3)24(2)11-9-17(33-4)13-16(24)14-21(23)34-35(30,31)32;;/h15-21,23H,5-14H2,1-4H3,(H-,26,27,28,29,30,31,32);;/q-1;2*+1/p-1/t15-,16+,17-,18-,19+,20+,21-,23+,24+,25-;;/m1../s1. The molecule has 4 fully saturated rings. The van der Waals surface area contributed by atoms with Crippen LogP contribution in [0.4, 0.5) is 0 Å². The van der Waals surface area contributed by atoms with Crippen LogP contribution in [0.15, 0.2) is 0 Å². The first kappa shape index (κ1) is 32.4. The van der Waals surface area contributed by atoms with Gasteiger partial charge in [0.05, 0.1) is 12.2 Å². The fourth-order valence-electron chi connectivity index (χ4n) is 9.42. The van der Waals surface area contributed by atoms with Crippen LogP contribution in [-0.2, 0) is 25.7 Å². The summed E-state index contributed by atoms with van der Waals surface area (Å²) in [5.74, 6) is 2.93. The van der Waals surface area contributed by atoms with Crippen molar-refractivity contribution in [2.45, 2.75) is 97.2 Å². The summed E-state index contributed by atoms with van der Waals surface area (Å²) in [5.41, 5.74) is 0.261. The van der Waals surface area contributed by atoms with Gasteiger partial charge in [0.15, 0.2) is 0 Å². The summed E-state index contributed by atoms with van der Waals surface area (Å²) in [6.45, 7) is 7.17. The van der Waals surface area contributed by atoms with Gasteiger partial charge in [-0.25, -0.2) is 8.42 Å². The van der Waals surface area contributed by atoms with Gasteiger partial charge in [-0.1, -0.05) is 20.8 Å². The summed E-state index contributed by atoms with van der Waals surface area (Å²) in [7, 11) is -3.01. The minimum Gasteiger partial charge on any atom is -0.726 e. The molecule has 0 amide bonds. The molecule has 0 radical (unpaired) electrons. The molecule has 9 nitrogen and oxygen atoms in total. The maximum Gasteiger partial charge on any atom is 1.00 e. The van der Waals surface area contributed by atoms with Crippen molar-refractivity contribution in [2.24, 2.45) is 46.3 Å². The van der Waals surface area contributed by atoms with Crippen LogP contribution in [0, 0.1) is 46.3 Å². The normalized spacial score (nSPS) is 41.9. The Labute approximate surface area is 266 Å². The zero-order valence-corrected chi connectivity index (χ0v) is 28.2. The maximum atomic E-state index is 11.9. The van der Waals surface area contributed by atoms with Crippen molar-refractivity contribution in [1.29, 1.82) is 0 Å². The molecule has 0 bridgehead atoms. The van der Waals surface area contributed by atoms with Crippen molar-refractivity contribution in [3.8, 4) is 0 Å². The van der Waals surface area contributed by atoms with Crippen molar-refractivity contribution in [2.75, 3.05) is 7.11 Å². The van der Waals surface area contributed by atoms with Crippen LogP contribution in [0.25, 0.3) is 0 Å². The van der Waals surface area contributed by atoms with E-state index in [4.69, 9.17) is 8.92 Å². The molecule has 0 aliphatic heterocycles. The number of fused-ring (bicyclic) bond motifs is 5. The topological polar surface area (TPSA) is 128 Å². The van der Waals surface area contributed by atoms with Crippen molar-refractivity contribution >= 4 is 10.4 Å². The Morgan fingerprint density at radius 2 is 1.78 bits per heavy atom. The number of ether oxygens (including phenoxy) is 1. The van der Waals surface area contributed by atoms with E-state index in [2.05, 4.69) is 41.4 Å². The van der Waals surface area contributed by atoms with E-state index in [0.717, 1.165) is 57.8 Å². The second kappa shape index (κ2) is 12.4. The monoisotopic (exact) mass is 554 g/mol. The second-order valence-corrected chi connectivity index (χ2v) is 13.5. The number of nitrogens with zero attached hydrogens (tertiary/aromatic N) is 4. The molecule has 12 heteroatoms. The predicted octanol–water partition coefficient (Wildman–Crippen LogP) is -2.47. The Balaban J connectivity index is 0.00000190. The van der Waals surface area contributed by atoms with Crippen molar-refractivity contribution in [1.82, 2.24) is 20.6 Å². The van der Waals surface area contributed by atoms with Gasteiger partial charge < -0.3 is 14.4 Å². The molecule has 4 aliphatic rings. The molecule has 0 unspecified atom stereocenters. The van der Waals surface area contributed by atoms with Crippen LogP contribution in [0.2, 0.25) is 0 Å². The zero-order valence-electron chi connectivity index (χ0n) is 23.4. The van der Waals surface area contributed by atoms with E-state index in [1.165, 1.54) is 0 Å².